The Bertz CT molecular complexity index is 1520. The van der Waals surface area contributed by atoms with Gasteiger partial charge in [-0.25, -0.2) is 4.58 Å². The van der Waals surface area contributed by atoms with Gasteiger partial charge >= 0.3 is 0 Å². The van der Waals surface area contributed by atoms with Crippen LogP contribution in [0, 0.1) is 0 Å². The summed E-state index contributed by atoms with van der Waals surface area (Å²) in [5.74, 6) is 1.75. The molecule has 0 amide bonds. The van der Waals surface area contributed by atoms with E-state index >= 15 is 0 Å². The first-order valence-electron chi connectivity index (χ1n) is 13.4. The van der Waals surface area contributed by atoms with Crippen molar-refractivity contribution in [2.24, 2.45) is 0 Å². The normalized spacial score (nSPS) is 14.0. The third kappa shape index (κ3) is 5.30. The Labute approximate surface area is 230 Å². The van der Waals surface area contributed by atoms with Crippen LogP contribution in [0.3, 0.4) is 0 Å². The van der Waals surface area contributed by atoms with E-state index in [1.807, 2.05) is 0 Å². The Morgan fingerprint density at radius 1 is 0.895 bits per heavy atom. The quantitative estimate of drug-likeness (QED) is 0.236. The zero-order valence-corrected chi connectivity index (χ0v) is 23.8. The second-order valence-corrected chi connectivity index (χ2v) is 10.6. The molecule has 0 radical (unpaired) electrons. The van der Waals surface area contributed by atoms with Crippen LogP contribution >= 0.6 is 11.8 Å². The number of nitrogens with zero attached hydrogens (tertiary/aromatic N) is 3. The first-order valence-corrected chi connectivity index (χ1v) is 14.2. The number of benzene rings is 3. The Balaban J connectivity index is 1.61. The van der Waals surface area contributed by atoms with Crippen molar-refractivity contribution in [3.63, 3.8) is 0 Å². The Hall–Kier alpha value is -3.70. The van der Waals surface area contributed by atoms with E-state index in [0.717, 1.165) is 42.3 Å². The second kappa shape index (κ2) is 11.4. The molecule has 2 aromatic carbocycles. The zero-order valence-electron chi connectivity index (χ0n) is 22.9. The molecule has 0 atom stereocenters. The summed E-state index contributed by atoms with van der Waals surface area (Å²) >= 11 is 1.80. The maximum atomic E-state index is 6.55. The lowest BCUT2D eigenvalue weighted by Crippen LogP contribution is -2.29. The van der Waals surface area contributed by atoms with Gasteiger partial charge < -0.3 is 14.2 Å². The van der Waals surface area contributed by atoms with Gasteiger partial charge in [-0.2, -0.15) is 0 Å². The van der Waals surface area contributed by atoms with E-state index in [-0.39, 0.29) is 0 Å². The lowest BCUT2D eigenvalue weighted by Gasteiger charge is -2.18. The molecule has 4 nitrogen and oxygen atoms in total. The molecule has 0 unspecified atom stereocenters. The largest absolute Gasteiger partial charge is 0.456 e. The predicted octanol–water partition coefficient (Wildman–Crippen LogP) is 7.36. The number of rotatable bonds is 7. The fraction of sp³-hybridized carbons (Fsp3) is 0.242. The third-order valence-corrected chi connectivity index (χ3v) is 8.13. The molecule has 0 fully saturated rings. The fourth-order valence-electron chi connectivity index (χ4n) is 4.89. The van der Waals surface area contributed by atoms with Gasteiger partial charge in [0, 0.05) is 48.9 Å². The third-order valence-electron chi connectivity index (χ3n) is 7.01. The summed E-state index contributed by atoms with van der Waals surface area (Å²) in [7, 11) is 4.13. The smallest absolute Gasteiger partial charge is 0.203 e. The molecule has 0 saturated carbocycles. The zero-order chi connectivity index (χ0) is 26.6. The second-order valence-electron chi connectivity index (χ2n) is 9.57. The van der Waals surface area contributed by atoms with Gasteiger partial charge in [0.2, 0.25) is 5.36 Å². The van der Waals surface area contributed by atoms with Crippen molar-refractivity contribution in [2.45, 2.75) is 25.7 Å². The maximum Gasteiger partial charge on any atom is 0.203 e. The van der Waals surface area contributed by atoms with Gasteiger partial charge in [-0.05, 0) is 68.3 Å². The Morgan fingerprint density at radius 3 is 2.37 bits per heavy atom. The number of para-hydroxylation sites is 1. The van der Waals surface area contributed by atoms with Crippen LogP contribution in [0.25, 0.3) is 29.6 Å². The monoisotopic (exact) mass is 522 g/mol. The fourth-order valence-corrected chi connectivity index (χ4v) is 6.06. The van der Waals surface area contributed by atoms with Crippen LogP contribution in [-0.4, -0.2) is 33.7 Å². The van der Waals surface area contributed by atoms with Crippen molar-refractivity contribution in [1.82, 2.24) is 4.58 Å². The van der Waals surface area contributed by atoms with E-state index in [2.05, 4.69) is 140 Å². The topological polar surface area (TPSA) is 22.6 Å². The molecular weight excluding hydrogens is 486 g/mol. The van der Waals surface area contributed by atoms with Crippen molar-refractivity contribution in [3.05, 3.63) is 100 Å². The van der Waals surface area contributed by atoms with Gasteiger partial charge in [0.05, 0.1) is 16.8 Å². The van der Waals surface area contributed by atoms with E-state index in [9.17, 15) is 0 Å². The molecule has 0 bridgehead atoms. The van der Waals surface area contributed by atoms with Crippen molar-refractivity contribution in [3.8, 4) is 11.3 Å². The molecule has 0 aromatic heterocycles. The molecule has 194 valence electrons. The van der Waals surface area contributed by atoms with E-state index < -0.39 is 0 Å². The highest BCUT2D eigenvalue weighted by atomic mass is 32.2. The van der Waals surface area contributed by atoms with Crippen molar-refractivity contribution in [1.29, 1.82) is 0 Å². The molecule has 3 aliphatic rings. The lowest BCUT2D eigenvalue weighted by atomic mass is 10.0. The summed E-state index contributed by atoms with van der Waals surface area (Å²) in [4.78, 5) is 5.76. The molecule has 2 heterocycles. The molecule has 0 N–H and O–H groups in total. The van der Waals surface area contributed by atoms with Gasteiger partial charge in [-0.3, -0.25) is 0 Å². The van der Waals surface area contributed by atoms with Crippen LogP contribution in [0.1, 0.15) is 37.7 Å². The van der Waals surface area contributed by atoms with Crippen molar-refractivity contribution in [2.75, 3.05) is 43.5 Å². The average molecular weight is 523 g/mol. The molecule has 38 heavy (non-hydrogen) atoms. The summed E-state index contributed by atoms with van der Waals surface area (Å²) in [6.45, 7) is 9.40. The SMILES string of the molecule is CCN1/C(=C/c2cc(/C=C/c3ccc(N(C)C)cc3)c3ccc(=[N+](CC)CC)cc-3o2)Sc2ccccc21. The molecule has 5 rings (SSSR count). The maximum absolute atomic E-state index is 6.55. The molecule has 5 heteroatoms. The van der Waals surface area contributed by atoms with E-state index in [1.165, 1.54) is 32.2 Å². The van der Waals surface area contributed by atoms with Crippen molar-refractivity contribution >= 4 is 41.4 Å². The van der Waals surface area contributed by atoms with Crippen LogP contribution in [0.15, 0.2) is 87.1 Å². The van der Waals surface area contributed by atoms with Gasteiger partial charge in [0.15, 0.2) is 0 Å². The number of anilines is 2. The summed E-state index contributed by atoms with van der Waals surface area (Å²) in [5, 5.41) is 2.37. The van der Waals surface area contributed by atoms with Crippen LogP contribution in [0.2, 0.25) is 0 Å². The number of hydrogen-bond acceptors (Lipinski definition) is 4. The minimum Gasteiger partial charge on any atom is -0.456 e. The van der Waals surface area contributed by atoms with Gasteiger partial charge in [0.1, 0.15) is 24.6 Å². The number of thioether (sulfide) groups is 1. The summed E-state index contributed by atoms with van der Waals surface area (Å²) < 4.78 is 8.90. The van der Waals surface area contributed by atoms with Crippen LogP contribution < -0.4 is 19.7 Å². The van der Waals surface area contributed by atoms with Gasteiger partial charge in [0.25, 0.3) is 0 Å². The van der Waals surface area contributed by atoms with Crippen LogP contribution in [0.4, 0.5) is 11.4 Å². The molecule has 0 saturated heterocycles. The molecule has 2 aromatic rings. The molecule has 2 aliphatic heterocycles. The minimum atomic E-state index is 0.852. The summed E-state index contributed by atoms with van der Waals surface area (Å²) in [6.07, 6.45) is 6.57. The van der Waals surface area contributed by atoms with Crippen LogP contribution in [-0.2, 0) is 0 Å². The lowest BCUT2D eigenvalue weighted by molar-refractivity contribution is 0.550. The highest BCUT2D eigenvalue weighted by molar-refractivity contribution is 8.03. The van der Waals surface area contributed by atoms with Crippen molar-refractivity contribution < 1.29 is 4.42 Å². The average Bonchev–Trinajstić information content (AvgIpc) is 3.29. The first kappa shape index (κ1) is 25.9. The standard InChI is InChI=1S/C33H36N3OS/c1-6-35(7-2)27-19-20-29-25(16-13-24-14-17-26(18-15-24)34(4)5)21-28(37-31(29)22-27)23-33-36(8-3)30-11-9-10-12-32(30)38-33/h9-23H,6-8H2,1-5H3/q+1. The Morgan fingerprint density at radius 2 is 1.66 bits per heavy atom. The molecular formula is C33H36N3OS+. The van der Waals surface area contributed by atoms with Crippen LogP contribution in [0.5, 0.6) is 0 Å². The first-order chi connectivity index (χ1) is 18.5. The highest BCUT2D eigenvalue weighted by Crippen LogP contribution is 2.46. The molecule has 1 aliphatic carbocycles. The predicted molar refractivity (Wildman–Crippen MR) is 165 cm³/mol. The number of hydrogen-bond donors (Lipinski definition) is 0. The van der Waals surface area contributed by atoms with E-state index in [1.54, 1.807) is 11.8 Å². The number of fused-ring (bicyclic) bond motifs is 2. The minimum absolute atomic E-state index is 0.852. The highest BCUT2D eigenvalue weighted by Gasteiger charge is 2.24. The molecule has 0 spiro atoms. The van der Waals surface area contributed by atoms with E-state index in [4.69, 9.17) is 4.42 Å². The summed E-state index contributed by atoms with van der Waals surface area (Å²) in [5.41, 5.74) is 5.88. The summed E-state index contributed by atoms with van der Waals surface area (Å²) in [6, 6.07) is 25.9. The Kier molecular flexibility index (Phi) is 7.75. The van der Waals surface area contributed by atoms with E-state index in [0.29, 0.717) is 0 Å². The van der Waals surface area contributed by atoms with Gasteiger partial charge in [-0.1, -0.05) is 48.2 Å². The van der Waals surface area contributed by atoms with Gasteiger partial charge in [-0.15, -0.1) is 0 Å².